The van der Waals surface area contributed by atoms with E-state index in [4.69, 9.17) is 9.84 Å². The van der Waals surface area contributed by atoms with Gasteiger partial charge in [-0.2, -0.15) is 0 Å². The summed E-state index contributed by atoms with van der Waals surface area (Å²) in [5.41, 5.74) is 0.631. The minimum absolute atomic E-state index is 0.104. The molecule has 2 N–H and O–H groups in total. The summed E-state index contributed by atoms with van der Waals surface area (Å²) in [5, 5.41) is 12.1. The van der Waals surface area contributed by atoms with Crippen molar-refractivity contribution in [1.82, 2.24) is 5.32 Å². The molecule has 1 aromatic rings. The number of esters is 1. The van der Waals surface area contributed by atoms with Gasteiger partial charge in [-0.3, -0.25) is 4.79 Å². The Bertz CT molecular complexity index is 362. The number of carbonyl (C=O) groups excluding carboxylic acids is 1. The lowest BCUT2D eigenvalue weighted by atomic mass is 10.2. The molecule has 0 saturated carbocycles. The summed E-state index contributed by atoms with van der Waals surface area (Å²) < 4.78 is 17.7. The zero-order valence-corrected chi connectivity index (χ0v) is 9.70. The van der Waals surface area contributed by atoms with Crippen molar-refractivity contribution in [2.24, 2.45) is 0 Å². The largest absolute Gasteiger partial charge is 0.508 e. The summed E-state index contributed by atoms with van der Waals surface area (Å²) >= 11 is 0. The highest BCUT2D eigenvalue weighted by atomic mass is 19.1. The summed E-state index contributed by atoms with van der Waals surface area (Å²) in [6, 6.07) is 3.85. The number of hydrogen-bond donors (Lipinski definition) is 2. The van der Waals surface area contributed by atoms with E-state index in [0.717, 1.165) is 6.07 Å². The molecule has 1 rings (SSSR count). The molecule has 5 heteroatoms. The Morgan fingerprint density at radius 3 is 2.88 bits per heavy atom. The van der Waals surface area contributed by atoms with Crippen molar-refractivity contribution in [1.29, 1.82) is 0 Å². The first kappa shape index (κ1) is 13.4. The molecular weight excluding hydrogens is 225 g/mol. The Morgan fingerprint density at radius 1 is 1.47 bits per heavy atom. The Hall–Kier alpha value is -1.62. The molecule has 0 amide bonds. The second kappa shape index (κ2) is 6.85. The molecule has 0 saturated heterocycles. The molecule has 0 unspecified atom stereocenters. The van der Waals surface area contributed by atoms with Crippen LogP contribution in [0, 0.1) is 5.82 Å². The second-order valence-corrected chi connectivity index (χ2v) is 3.55. The third-order valence-electron chi connectivity index (χ3n) is 2.08. The average molecular weight is 241 g/mol. The highest BCUT2D eigenvalue weighted by molar-refractivity contribution is 5.69. The first-order valence-corrected chi connectivity index (χ1v) is 5.46. The number of phenolic OH excluding ortho intramolecular Hbond substituents is 1. The third-order valence-corrected chi connectivity index (χ3v) is 2.08. The Balaban J connectivity index is 2.28. The molecule has 0 aliphatic heterocycles. The van der Waals surface area contributed by atoms with E-state index in [1.807, 2.05) is 0 Å². The Labute approximate surface area is 99.4 Å². The second-order valence-electron chi connectivity index (χ2n) is 3.55. The van der Waals surface area contributed by atoms with Gasteiger partial charge < -0.3 is 15.2 Å². The number of carbonyl (C=O) groups is 1. The molecule has 94 valence electrons. The van der Waals surface area contributed by atoms with Gasteiger partial charge in [-0.15, -0.1) is 0 Å². The van der Waals surface area contributed by atoms with Crippen LogP contribution in [0.15, 0.2) is 18.2 Å². The van der Waals surface area contributed by atoms with Crippen LogP contribution in [0.3, 0.4) is 0 Å². The van der Waals surface area contributed by atoms with Crippen LogP contribution in [-0.2, 0) is 16.1 Å². The predicted molar refractivity (Wildman–Crippen MR) is 61.0 cm³/mol. The lowest BCUT2D eigenvalue weighted by Crippen LogP contribution is -2.19. The fraction of sp³-hybridized carbons (Fsp3) is 0.417. The van der Waals surface area contributed by atoms with Crippen LogP contribution < -0.4 is 5.32 Å². The minimum atomic E-state index is -0.479. The van der Waals surface area contributed by atoms with E-state index in [-0.39, 0.29) is 18.1 Å². The molecule has 0 aliphatic rings. The van der Waals surface area contributed by atoms with Gasteiger partial charge in [0.25, 0.3) is 0 Å². The van der Waals surface area contributed by atoms with Gasteiger partial charge >= 0.3 is 5.97 Å². The quantitative estimate of drug-likeness (QED) is 0.586. The van der Waals surface area contributed by atoms with Gasteiger partial charge in [-0.05, 0) is 24.6 Å². The van der Waals surface area contributed by atoms with Crippen molar-refractivity contribution in [3.8, 4) is 5.75 Å². The normalized spacial score (nSPS) is 10.2. The molecule has 0 fully saturated rings. The van der Waals surface area contributed by atoms with Gasteiger partial charge in [0.15, 0.2) is 0 Å². The molecule has 0 aromatic heterocycles. The standard InChI is InChI=1S/C12H16FNO3/c1-2-17-12(16)3-4-14-8-9-5-10(13)7-11(15)6-9/h5-7,14-15H,2-4,8H2,1H3. The summed E-state index contributed by atoms with van der Waals surface area (Å²) in [6.07, 6.45) is 0.273. The zero-order chi connectivity index (χ0) is 12.7. The summed E-state index contributed by atoms with van der Waals surface area (Å²) in [4.78, 5) is 11.0. The maximum atomic E-state index is 12.9. The van der Waals surface area contributed by atoms with Crippen LogP contribution in [-0.4, -0.2) is 24.2 Å². The molecule has 0 atom stereocenters. The predicted octanol–water partition coefficient (Wildman–Crippen LogP) is 1.57. The topological polar surface area (TPSA) is 58.6 Å². The number of hydrogen-bond acceptors (Lipinski definition) is 4. The molecule has 17 heavy (non-hydrogen) atoms. The smallest absolute Gasteiger partial charge is 0.307 e. The number of halogens is 1. The van der Waals surface area contributed by atoms with E-state index in [0.29, 0.717) is 25.3 Å². The Morgan fingerprint density at radius 2 is 2.24 bits per heavy atom. The molecule has 0 bridgehead atoms. The fourth-order valence-corrected chi connectivity index (χ4v) is 1.39. The molecule has 0 heterocycles. The van der Waals surface area contributed by atoms with Crippen molar-refractivity contribution >= 4 is 5.97 Å². The van der Waals surface area contributed by atoms with Gasteiger partial charge in [-0.1, -0.05) is 0 Å². The van der Waals surface area contributed by atoms with E-state index < -0.39 is 5.82 Å². The number of benzene rings is 1. The monoisotopic (exact) mass is 241 g/mol. The number of phenols is 1. The van der Waals surface area contributed by atoms with Crippen LogP contribution in [0.5, 0.6) is 5.75 Å². The van der Waals surface area contributed by atoms with E-state index in [2.05, 4.69) is 5.32 Å². The highest BCUT2D eigenvalue weighted by Gasteiger charge is 2.02. The van der Waals surface area contributed by atoms with Crippen LogP contribution in [0.2, 0.25) is 0 Å². The van der Waals surface area contributed by atoms with Crippen molar-refractivity contribution in [3.63, 3.8) is 0 Å². The SMILES string of the molecule is CCOC(=O)CCNCc1cc(O)cc(F)c1. The number of aromatic hydroxyl groups is 1. The third kappa shape index (κ3) is 5.31. The average Bonchev–Trinajstić information content (AvgIpc) is 2.23. The zero-order valence-electron chi connectivity index (χ0n) is 9.70. The van der Waals surface area contributed by atoms with Crippen molar-refractivity contribution in [3.05, 3.63) is 29.6 Å². The summed E-state index contributed by atoms with van der Waals surface area (Å²) in [6.45, 7) is 2.97. The number of nitrogens with one attached hydrogen (secondary N) is 1. The van der Waals surface area contributed by atoms with Crippen molar-refractivity contribution in [2.45, 2.75) is 19.9 Å². The van der Waals surface area contributed by atoms with Gasteiger partial charge in [0.2, 0.25) is 0 Å². The molecule has 1 aromatic carbocycles. The van der Waals surface area contributed by atoms with Gasteiger partial charge in [0.05, 0.1) is 13.0 Å². The summed E-state index contributed by atoms with van der Waals surface area (Å²) in [7, 11) is 0. The van der Waals surface area contributed by atoms with Gasteiger partial charge in [0, 0.05) is 19.2 Å². The first-order valence-electron chi connectivity index (χ1n) is 5.46. The molecule has 4 nitrogen and oxygen atoms in total. The number of ether oxygens (including phenoxy) is 1. The van der Waals surface area contributed by atoms with Crippen molar-refractivity contribution in [2.75, 3.05) is 13.2 Å². The van der Waals surface area contributed by atoms with E-state index in [9.17, 15) is 9.18 Å². The highest BCUT2D eigenvalue weighted by Crippen LogP contribution is 2.14. The van der Waals surface area contributed by atoms with Crippen LogP contribution >= 0.6 is 0 Å². The maximum Gasteiger partial charge on any atom is 0.307 e. The lowest BCUT2D eigenvalue weighted by Gasteiger charge is -2.05. The first-order chi connectivity index (χ1) is 8.11. The van der Waals surface area contributed by atoms with Gasteiger partial charge in [-0.25, -0.2) is 4.39 Å². The van der Waals surface area contributed by atoms with E-state index >= 15 is 0 Å². The molecule has 0 radical (unpaired) electrons. The molecule has 0 spiro atoms. The lowest BCUT2D eigenvalue weighted by molar-refractivity contribution is -0.142. The fourth-order valence-electron chi connectivity index (χ4n) is 1.39. The van der Waals surface area contributed by atoms with E-state index in [1.54, 1.807) is 6.92 Å². The molecular formula is C12H16FNO3. The Kier molecular flexibility index (Phi) is 5.42. The van der Waals surface area contributed by atoms with Crippen LogP contribution in [0.25, 0.3) is 0 Å². The maximum absolute atomic E-state index is 12.9. The van der Waals surface area contributed by atoms with Crippen molar-refractivity contribution < 1.29 is 19.0 Å². The molecule has 0 aliphatic carbocycles. The van der Waals surface area contributed by atoms with Gasteiger partial charge in [0.1, 0.15) is 11.6 Å². The number of rotatable bonds is 6. The summed E-state index contributed by atoms with van der Waals surface area (Å²) in [5.74, 6) is -0.846. The van der Waals surface area contributed by atoms with E-state index in [1.165, 1.54) is 12.1 Å². The van der Waals surface area contributed by atoms with Crippen LogP contribution in [0.1, 0.15) is 18.9 Å². The minimum Gasteiger partial charge on any atom is -0.508 e. The van der Waals surface area contributed by atoms with Crippen LogP contribution in [0.4, 0.5) is 4.39 Å².